The lowest BCUT2D eigenvalue weighted by molar-refractivity contribution is 0.174. The van der Waals surface area contributed by atoms with Crippen LogP contribution in [0, 0.1) is 6.92 Å². The van der Waals surface area contributed by atoms with Gasteiger partial charge >= 0.3 is 0 Å². The standard InChI is InChI=1S/C11H10N2O2S/c1-7-5-16-11(12-7)13-8-2-3-9-10(4-8)15-6-14-9/h2-5H,6H2,1H3,(H,12,13). The second kappa shape index (κ2) is 3.68. The Morgan fingerprint density at radius 2 is 2.19 bits per heavy atom. The number of nitrogens with zero attached hydrogens (tertiary/aromatic N) is 1. The molecule has 16 heavy (non-hydrogen) atoms. The molecule has 3 rings (SSSR count). The van der Waals surface area contributed by atoms with Gasteiger partial charge in [-0.25, -0.2) is 4.98 Å². The van der Waals surface area contributed by atoms with Crippen molar-refractivity contribution in [3.63, 3.8) is 0 Å². The zero-order valence-corrected chi connectivity index (χ0v) is 9.50. The van der Waals surface area contributed by atoms with Gasteiger partial charge in [0.2, 0.25) is 6.79 Å². The summed E-state index contributed by atoms with van der Waals surface area (Å²) in [5.74, 6) is 1.57. The molecule has 0 atom stereocenters. The van der Waals surface area contributed by atoms with E-state index in [0.717, 1.165) is 28.0 Å². The number of benzene rings is 1. The molecule has 2 aromatic rings. The van der Waals surface area contributed by atoms with E-state index in [1.165, 1.54) is 0 Å². The van der Waals surface area contributed by atoms with Crippen LogP contribution in [0.1, 0.15) is 5.69 Å². The molecule has 0 spiro atoms. The lowest BCUT2D eigenvalue weighted by Crippen LogP contribution is -1.93. The molecule has 0 bridgehead atoms. The summed E-state index contributed by atoms with van der Waals surface area (Å²) in [6, 6.07) is 5.76. The summed E-state index contributed by atoms with van der Waals surface area (Å²) < 4.78 is 10.5. The number of anilines is 2. The fourth-order valence-electron chi connectivity index (χ4n) is 1.51. The number of nitrogens with one attached hydrogen (secondary N) is 1. The Morgan fingerprint density at radius 3 is 3.00 bits per heavy atom. The number of hydrogen-bond acceptors (Lipinski definition) is 5. The maximum atomic E-state index is 5.30. The molecule has 1 aliphatic rings. The topological polar surface area (TPSA) is 43.4 Å². The van der Waals surface area contributed by atoms with Gasteiger partial charge in [0.15, 0.2) is 16.6 Å². The number of ether oxygens (including phenoxy) is 2. The maximum Gasteiger partial charge on any atom is 0.231 e. The van der Waals surface area contributed by atoms with E-state index in [-0.39, 0.29) is 0 Å². The molecule has 2 heterocycles. The van der Waals surface area contributed by atoms with E-state index in [1.54, 1.807) is 11.3 Å². The molecule has 0 amide bonds. The average molecular weight is 234 g/mol. The summed E-state index contributed by atoms with van der Waals surface area (Å²) in [5.41, 5.74) is 1.98. The first-order valence-corrected chi connectivity index (χ1v) is 5.78. The molecule has 0 unspecified atom stereocenters. The Kier molecular flexibility index (Phi) is 2.18. The predicted molar refractivity (Wildman–Crippen MR) is 62.7 cm³/mol. The smallest absolute Gasteiger partial charge is 0.231 e. The first kappa shape index (κ1) is 9.47. The Bertz CT molecular complexity index is 524. The van der Waals surface area contributed by atoms with Crippen LogP contribution in [0.15, 0.2) is 23.6 Å². The van der Waals surface area contributed by atoms with E-state index < -0.39 is 0 Å². The van der Waals surface area contributed by atoms with E-state index >= 15 is 0 Å². The van der Waals surface area contributed by atoms with Gasteiger partial charge in [-0.1, -0.05) is 0 Å². The summed E-state index contributed by atoms with van der Waals surface area (Å²) in [5, 5.41) is 6.12. The SMILES string of the molecule is Cc1csc(Nc2ccc3c(c2)OCO3)n1. The van der Waals surface area contributed by atoms with Crippen molar-refractivity contribution in [3.05, 3.63) is 29.3 Å². The van der Waals surface area contributed by atoms with E-state index in [4.69, 9.17) is 9.47 Å². The van der Waals surface area contributed by atoms with Gasteiger partial charge in [-0.3, -0.25) is 0 Å². The first-order valence-electron chi connectivity index (χ1n) is 4.90. The van der Waals surface area contributed by atoms with Gasteiger partial charge in [-0.2, -0.15) is 0 Å². The molecule has 0 aliphatic carbocycles. The van der Waals surface area contributed by atoms with Crippen molar-refractivity contribution in [2.75, 3.05) is 12.1 Å². The normalized spacial score (nSPS) is 12.8. The van der Waals surface area contributed by atoms with Crippen LogP contribution in [0.4, 0.5) is 10.8 Å². The number of aryl methyl sites for hydroxylation is 1. The lowest BCUT2D eigenvalue weighted by Gasteiger charge is -2.03. The van der Waals surface area contributed by atoms with Gasteiger partial charge in [0.25, 0.3) is 0 Å². The molecule has 0 saturated heterocycles. The summed E-state index contributed by atoms with van der Waals surface area (Å²) in [6.45, 7) is 2.27. The molecule has 4 nitrogen and oxygen atoms in total. The van der Waals surface area contributed by atoms with E-state index in [2.05, 4.69) is 10.3 Å². The fraction of sp³-hybridized carbons (Fsp3) is 0.182. The largest absolute Gasteiger partial charge is 0.454 e. The van der Waals surface area contributed by atoms with E-state index in [9.17, 15) is 0 Å². The Morgan fingerprint density at radius 1 is 1.31 bits per heavy atom. The highest BCUT2D eigenvalue weighted by Gasteiger charge is 2.13. The Balaban J connectivity index is 1.85. The van der Waals surface area contributed by atoms with Crippen molar-refractivity contribution < 1.29 is 9.47 Å². The second-order valence-electron chi connectivity index (χ2n) is 3.49. The van der Waals surface area contributed by atoms with Crippen molar-refractivity contribution in [2.24, 2.45) is 0 Å². The van der Waals surface area contributed by atoms with E-state index in [1.807, 2.05) is 30.5 Å². The minimum atomic E-state index is 0.301. The molecule has 1 aromatic carbocycles. The fourth-order valence-corrected chi connectivity index (χ4v) is 2.22. The maximum absolute atomic E-state index is 5.30. The number of aromatic nitrogens is 1. The van der Waals surface area contributed by atoms with Gasteiger partial charge in [0, 0.05) is 17.1 Å². The van der Waals surface area contributed by atoms with Crippen molar-refractivity contribution in [2.45, 2.75) is 6.92 Å². The van der Waals surface area contributed by atoms with Gasteiger partial charge < -0.3 is 14.8 Å². The molecule has 5 heteroatoms. The number of hydrogen-bond donors (Lipinski definition) is 1. The lowest BCUT2D eigenvalue weighted by atomic mass is 10.3. The third kappa shape index (κ3) is 1.69. The quantitative estimate of drug-likeness (QED) is 0.867. The minimum absolute atomic E-state index is 0.301. The molecule has 0 radical (unpaired) electrons. The molecular formula is C11H10N2O2S. The minimum Gasteiger partial charge on any atom is -0.454 e. The highest BCUT2D eigenvalue weighted by molar-refractivity contribution is 7.13. The monoisotopic (exact) mass is 234 g/mol. The summed E-state index contributed by atoms with van der Waals surface area (Å²) >= 11 is 1.58. The van der Waals surface area contributed by atoms with Gasteiger partial charge in [-0.15, -0.1) is 11.3 Å². The highest BCUT2D eigenvalue weighted by Crippen LogP contribution is 2.35. The van der Waals surface area contributed by atoms with Crippen molar-refractivity contribution in [1.29, 1.82) is 0 Å². The Labute approximate surface area is 96.8 Å². The van der Waals surface area contributed by atoms with Crippen LogP contribution in [-0.2, 0) is 0 Å². The van der Waals surface area contributed by atoms with Crippen LogP contribution in [0.2, 0.25) is 0 Å². The Hall–Kier alpha value is -1.75. The van der Waals surface area contributed by atoms with Crippen molar-refractivity contribution in [1.82, 2.24) is 4.98 Å². The zero-order valence-electron chi connectivity index (χ0n) is 8.69. The zero-order chi connectivity index (χ0) is 11.0. The van der Waals surface area contributed by atoms with Gasteiger partial charge in [0.1, 0.15) is 0 Å². The molecular weight excluding hydrogens is 224 g/mol. The highest BCUT2D eigenvalue weighted by atomic mass is 32.1. The van der Waals surface area contributed by atoms with Crippen LogP contribution in [0.3, 0.4) is 0 Å². The molecule has 1 aromatic heterocycles. The summed E-state index contributed by atoms with van der Waals surface area (Å²) in [7, 11) is 0. The van der Waals surface area contributed by atoms with Crippen LogP contribution in [0.25, 0.3) is 0 Å². The second-order valence-corrected chi connectivity index (χ2v) is 4.35. The molecule has 0 saturated carbocycles. The summed E-state index contributed by atoms with van der Waals surface area (Å²) in [4.78, 5) is 4.33. The van der Waals surface area contributed by atoms with Crippen molar-refractivity contribution >= 4 is 22.2 Å². The van der Waals surface area contributed by atoms with E-state index in [0.29, 0.717) is 6.79 Å². The van der Waals surface area contributed by atoms with Crippen molar-refractivity contribution in [3.8, 4) is 11.5 Å². The van der Waals surface area contributed by atoms with Gasteiger partial charge in [0.05, 0.1) is 5.69 Å². The van der Waals surface area contributed by atoms with Crippen LogP contribution < -0.4 is 14.8 Å². The van der Waals surface area contributed by atoms with Gasteiger partial charge in [-0.05, 0) is 19.1 Å². The third-order valence-electron chi connectivity index (χ3n) is 2.24. The summed E-state index contributed by atoms with van der Waals surface area (Å²) in [6.07, 6.45) is 0. The molecule has 82 valence electrons. The molecule has 1 N–H and O–H groups in total. The van der Waals surface area contributed by atoms with Crippen LogP contribution in [0.5, 0.6) is 11.5 Å². The number of rotatable bonds is 2. The van der Waals surface area contributed by atoms with Crippen LogP contribution >= 0.6 is 11.3 Å². The molecule has 0 fully saturated rings. The molecule has 1 aliphatic heterocycles. The first-order chi connectivity index (χ1) is 7.81. The number of thiazole rings is 1. The predicted octanol–water partition coefficient (Wildman–Crippen LogP) is 2.92. The average Bonchev–Trinajstić information content (AvgIpc) is 2.87. The third-order valence-corrected chi connectivity index (χ3v) is 3.12. The van der Waals surface area contributed by atoms with Crippen LogP contribution in [-0.4, -0.2) is 11.8 Å². The number of fused-ring (bicyclic) bond motifs is 1.